The van der Waals surface area contributed by atoms with E-state index in [9.17, 15) is 22.1 Å². The van der Waals surface area contributed by atoms with Gasteiger partial charge in [-0.25, -0.2) is 8.91 Å². The van der Waals surface area contributed by atoms with Gasteiger partial charge in [0.15, 0.2) is 0 Å². The Kier molecular flexibility index (Phi) is 8.12. The van der Waals surface area contributed by atoms with E-state index in [-0.39, 0.29) is 41.0 Å². The number of alkyl halides is 4. The number of anilines is 2. The van der Waals surface area contributed by atoms with E-state index in [4.69, 9.17) is 0 Å². The SMILES string of the molecule is CN1CC[C@@H](Nc2cccc3c(SC(F)(F)F)c(C#CCNc4ccc(P(C)(C)=O)cc4)nn23)[C@@H](F)C1. The Hall–Kier alpha value is -2.67. The van der Waals surface area contributed by atoms with Gasteiger partial charge in [0, 0.05) is 24.1 Å². The summed E-state index contributed by atoms with van der Waals surface area (Å²) in [6, 6.07) is 11.5. The predicted molar refractivity (Wildman–Crippen MR) is 142 cm³/mol. The van der Waals surface area contributed by atoms with Crippen molar-refractivity contribution in [2.45, 2.75) is 29.0 Å². The van der Waals surface area contributed by atoms with Gasteiger partial charge in [0.2, 0.25) is 0 Å². The Morgan fingerprint density at radius 3 is 2.57 bits per heavy atom. The van der Waals surface area contributed by atoms with Crippen LogP contribution < -0.4 is 15.9 Å². The van der Waals surface area contributed by atoms with E-state index < -0.39 is 24.9 Å². The van der Waals surface area contributed by atoms with Gasteiger partial charge in [-0.1, -0.05) is 12.0 Å². The first-order chi connectivity index (χ1) is 17.4. The first kappa shape index (κ1) is 27.4. The first-order valence-corrected chi connectivity index (χ1v) is 15.1. The number of rotatable bonds is 6. The first-order valence-electron chi connectivity index (χ1n) is 11.7. The fourth-order valence-corrected chi connectivity index (χ4v) is 5.62. The highest BCUT2D eigenvalue weighted by molar-refractivity contribution is 8.00. The summed E-state index contributed by atoms with van der Waals surface area (Å²) >= 11 is -0.264. The van der Waals surface area contributed by atoms with Gasteiger partial charge in [-0.05, 0) is 80.9 Å². The lowest BCUT2D eigenvalue weighted by molar-refractivity contribution is -0.0327. The molecule has 3 aromatic rings. The van der Waals surface area contributed by atoms with Crippen molar-refractivity contribution in [2.75, 3.05) is 50.6 Å². The van der Waals surface area contributed by atoms with Crippen LogP contribution in [0.2, 0.25) is 0 Å². The van der Waals surface area contributed by atoms with Gasteiger partial charge in [0.25, 0.3) is 0 Å². The minimum atomic E-state index is -4.53. The highest BCUT2D eigenvalue weighted by atomic mass is 32.2. The number of piperidine rings is 1. The number of nitrogens with zero attached hydrogens (tertiary/aromatic N) is 3. The molecule has 1 aliphatic rings. The molecule has 0 aliphatic carbocycles. The van der Waals surface area contributed by atoms with Crippen LogP contribution in [0.1, 0.15) is 12.1 Å². The van der Waals surface area contributed by atoms with Gasteiger partial charge in [0.05, 0.1) is 23.0 Å². The molecule has 0 saturated carbocycles. The van der Waals surface area contributed by atoms with Gasteiger partial charge in [-0.3, -0.25) is 0 Å². The number of likely N-dealkylation sites (tertiary alicyclic amines) is 1. The number of aromatic nitrogens is 2. The molecule has 4 rings (SSSR count). The summed E-state index contributed by atoms with van der Waals surface area (Å²) in [6.07, 6.45) is -0.554. The molecule has 2 aromatic heterocycles. The van der Waals surface area contributed by atoms with Crippen molar-refractivity contribution >= 4 is 41.2 Å². The molecule has 2 N–H and O–H groups in total. The summed E-state index contributed by atoms with van der Waals surface area (Å²) in [5.41, 5.74) is -3.55. The molecule has 198 valence electrons. The van der Waals surface area contributed by atoms with Gasteiger partial charge in [-0.2, -0.15) is 18.3 Å². The summed E-state index contributed by atoms with van der Waals surface area (Å²) in [6.45, 7) is 4.55. The van der Waals surface area contributed by atoms with Crippen molar-refractivity contribution < 1.29 is 22.1 Å². The van der Waals surface area contributed by atoms with Gasteiger partial charge >= 0.3 is 5.51 Å². The zero-order valence-corrected chi connectivity index (χ0v) is 22.4. The van der Waals surface area contributed by atoms with Gasteiger partial charge in [0.1, 0.15) is 24.8 Å². The standard InChI is InChI=1S/C25H28F4N5OPS/c1-33-15-13-20(19(26)16-33)31-23-8-4-7-22-24(37-25(27,28)29)21(32-34(22)23)6-5-14-30-17-9-11-18(12-10-17)36(2,3)35/h4,7-12,19-20,30-31H,13-16H2,1-3H3/t19-,20+/m0/s1. The Labute approximate surface area is 217 Å². The van der Waals surface area contributed by atoms with Crippen molar-refractivity contribution in [1.82, 2.24) is 14.5 Å². The molecular formula is C25H28F4N5OPS. The molecule has 1 aromatic carbocycles. The van der Waals surface area contributed by atoms with Crippen LogP contribution in [0.4, 0.5) is 29.1 Å². The minimum absolute atomic E-state index is 0.00759. The van der Waals surface area contributed by atoms with Crippen LogP contribution in [-0.4, -0.2) is 72.2 Å². The maximum absolute atomic E-state index is 14.6. The van der Waals surface area contributed by atoms with Crippen LogP contribution in [0.3, 0.4) is 0 Å². The quantitative estimate of drug-likeness (QED) is 0.192. The number of nitrogens with one attached hydrogen (secondary N) is 2. The largest absolute Gasteiger partial charge is 0.446 e. The molecule has 0 unspecified atom stereocenters. The molecule has 2 atom stereocenters. The second-order valence-corrected chi connectivity index (χ2v) is 13.6. The number of hydrogen-bond donors (Lipinski definition) is 2. The van der Waals surface area contributed by atoms with Crippen LogP contribution in [-0.2, 0) is 4.57 Å². The van der Waals surface area contributed by atoms with E-state index in [1.807, 2.05) is 11.9 Å². The molecule has 6 nitrogen and oxygen atoms in total. The average molecular weight is 554 g/mol. The van der Waals surface area contributed by atoms with E-state index in [1.54, 1.807) is 55.8 Å². The maximum atomic E-state index is 14.6. The Morgan fingerprint density at radius 2 is 1.92 bits per heavy atom. The third kappa shape index (κ3) is 7.01. The molecule has 0 spiro atoms. The zero-order chi connectivity index (χ0) is 26.8. The summed E-state index contributed by atoms with van der Waals surface area (Å²) in [7, 11) is -0.510. The van der Waals surface area contributed by atoms with Crippen molar-refractivity contribution in [3.05, 3.63) is 48.2 Å². The topological polar surface area (TPSA) is 61.7 Å². The molecule has 37 heavy (non-hydrogen) atoms. The van der Waals surface area contributed by atoms with E-state index in [0.29, 0.717) is 18.8 Å². The van der Waals surface area contributed by atoms with Crippen molar-refractivity contribution in [1.29, 1.82) is 0 Å². The number of fused-ring (bicyclic) bond motifs is 1. The fourth-order valence-electron chi connectivity index (χ4n) is 4.08. The summed E-state index contributed by atoms with van der Waals surface area (Å²) < 4.78 is 68.3. The second-order valence-electron chi connectivity index (χ2n) is 9.30. The Balaban J connectivity index is 1.57. The minimum Gasteiger partial charge on any atom is -0.374 e. The van der Waals surface area contributed by atoms with E-state index in [1.165, 1.54) is 4.52 Å². The summed E-state index contributed by atoms with van der Waals surface area (Å²) in [4.78, 5) is 1.80. The highest BCUT2D eigenvalue weighted by Gasteiger charge is 2.33. The van der Waals surface area contributed by atoms with Gasteiger partial charge < -0.3 is 20.1 Å². The molecule has 12 heteroatoms. The summed E-state index contributed by atoms with van der Waals surface area (Å²) in [5, 5.41) is 11.3. The van der Waals surface area contributed by atoms with Crippen molar-refractivity contribution in [2.24, 2.45) is 0 Å². The lowest BCUT2D eigenvalue weighted by atomic mass is 10.0. The summed E-state index contributed by atoms with van der Waals surface area (Å²) in [5.74, 6) is 6.01. The number of hydrogen-bond acceptors (Lipinski definition) is 6. The van der Waals surface area contributed by atoms with Crippen LogP contribution in [0, 0.1) is 11.8 Å². The van der Waals surface area contributed by atoms with E-state index >= 15 is 0 Å². The molecular weight excluding hydrogens is 525 g/mol. The lowest BCUT2D eigenvalue weighted by Gasteiger charge is -2.33. The van der Waals surface area contributed by atoms with E-state index in [2.05, 4.69) is 27.6 Å². The molecule has 1 saturated heterocycles. The number of thioether (sulfide) groups is 1. The van der Waals surface area contributed by atoms with Crippen LogP contribution in [0.5, 0.6) is 0 Å². The fraction of sp³-hybridized carbons (Fsp3) is 0.400. The smallest absolute Gasteiger partial charge is 0.374 e. The van der Waals surface area contributed by atoms with Crippen LogP contribution in [0.25, 0.3) is 5.52 Å². The third-order valence-electron chi connectivity index (χ3n) is 5.98. The van der Waals surface area contributed by atoms with Crippen molar-refractivity contribution in [3.8, 4) is 11.8 Å². The zero-order valence-electron chi connectivity index (χ0n) is 20.6. The normalized spacial score (nSPS) is 18.9. The Morgan fingerprint density at radius 1 is 1.19 bits per heavy atom. The number of benzene rings is 1. The molecule has 0 radical (unpaired) electrons. The number of halogens is 4. The molecule has 0 amide bonds. The average Bonchev–Trinajstić information content (AvgIpc) is 3.15. The van der Waals surface area contributed by atoms with E-state index in [0.717, 1.165) is 11.0 Å². The molecule has 1 fully saturated rings. The van der Waals surface area contributed by atoms with Crippen LogP contribution >= 0.6 is 18.9 Å². The molecule has 0 bridgehead atoms. The molecule has 1 aliphatic heterocycles. The highest BCUT2D eigenvalue weighted by Crippen LogP contribution is 2.41. The molecule has 3 heterocycles. The lowest BCUT2D eigenvalue weighted by Crippen LogP contribution is -2.46. The predicted octanol–water partition coefficient (Wildman–Crippen LogP) is 5.11. The second kappa shape index (κ2) is 11.0. The third-order valence-corrected chi connectivity index (χ3v) is 8.36. The van der Waals surface area contributed by atoms with Crippen molar-refractivity contribution in [3.63, 3.8) is 0 Å². The van der Waals surface area contributed by atoms with Gasteiger partial charge in [-0.15, -0.1) is 0 Å². The number of pyridine rings is 1. The Bertz CT molecular complexity index is 1360. The van der Waals surface area contributed by atoms with Crippen LogP contribution in [0.15, 0.2) is 47.4 Å². The monoisotopic (exact) mass is 553 g/mol. The maximum Gasteiger partial charge on any atom is 0.446 e.